The molecule has 4 N–H and O–H groups in total. The van der Waals surface area contributed by atoms with Crippen molar-refractivity contribution in [3.05, 3.63) is 0 Å². The van der Waals surface area contributed by atoms with E-state index in [0.29, 0.717) is 18.9 Å². The minimum Gasteiger partial charge on any atom is -0.392 e. The van der Waals surface area contributed by atoms with Crippen LogP contribution in [0.25, 0.3) is 0 Å². The Balaban J connectivity index is 3.88. The fourth-order valence-electron chi connectivity index (χ4n) is 1.32. The Bertz CT molecular complexity index is 256. The number of carbonyl (C=O) groups is 2. The molecule has 0 spiro atoms. The Morgan fingerprint density at radius 2 is 1.82 bits per heavy atom. The third kappa shape index (κ3) is 7.70. The Hall–Kier alpha value is -1.14. The first-order valence-corrected chi connectivity index (χ1v) is 5.80. The Kier molecular flexibility index (Phi) is 7.49. The molecule has 0 aromatic heterocycles. The number of aliphatic hydroxyl groups excluding tert-OH is 1. The first-order valence-electron chi connectivity index (χ1n) is 5.80. The van der Waals surface area contributed by atoms with Gasteiger partial charge in [-0.05, 0) is 19.3 Å². The molecule has 0 radical (unpaired) electrons. The average Bonchev–Trinajstić information content (AvgIpc) is 2.24. The lowest BCUT2D eigenvalue weighted by Gasteiger charge is -2.17. The molecule has 2 unspecified atom stereocenters. The predicted octanol–water partition coefficient (Wildman–Crippen LogP) is -0.173. The summed E-state index contributed by atoms with van der Waals surface area (Å²) < 4.78 is 0. The van der Waals surface area contributed by atoms with Gasteiger partial charge in [0.15, 0.2) is 0 Å². The zero-order valence-electron chi connectivity index (χ0n) is 10.9. The van der Waals surface area contributed by atoms with Gasteiger partial charge in [-0.25, -0.2) is 4.79 Å². The number of hydrogen-bond donors (Lipinski definition) is 4. The normalized spacial score (nSPS) is 14.2. The molecular weight excluding hydrogens is 222 g/mol. The van der Waals surface area contributed by atoms with Gasteiger partial charge in [-0.3, -0.25) is 10.1 Å². The summed E-state index contributed by atoms with van der Waals surface area (Å²) in [6.45, 7) is 6.01. The molecule has 6 heteroatoms. The summed E-state index contributed by atoms with van der Waals surface area (Å²) in [5.74, 6) is -0.0112. The molecule has 0 aliphatic heterocycles. The standard InChI is InChI=1S/C11H23N3O3/c1-7(2)5-9(15)6-13-8(3)10(16)14-11(17)12-4/h7-9,13,15H,5-6H2,1-4H3,(H2,12,14,16,17). The van der Waals surface area contributed by atoms with Gasteiger partial charge in [-0.2, -0.15) is 0 Å². The van der Waals surface area contributed by atoms with Crippen molar-refractivity contribution in [2.24, 2.45) is 5.92 Å². The number of rotatable bonds is 6. The number of imide groups is 1. The second kappa shape index (κ2) is 8.03. The summed E-state index contributed by atoms with van der Waals surface area (Å²) in [5, 5.41) is 16.9. The molecule has 6 nitrogen and oxygen atoms in total. The topological polar surface area (TPSA) is 90.5 Å². The highest BCUT2D eigenvalue weighted by atomic mass is 16.3. The van der Waals surface area contributed by atoms with Gasteiger partial charge in [-0.15, -0.1) is 0 Å². The van der Waals surface area contributed by atoms with Gasteiger partial charge in [0.25, 0.3) is 0 Å². The number of aliphatic hydroxyl groups is 1. The molecule has 0 rings (SSSR count). The van der Waals surface area contributed by atoms with Crippen molar-refractivity contribution in [3.8, 4) is 0 Å². The lowest BCUT2D eigenvalue weighted by molar-refractivity contribution is -0.121. The van der Waals surface area contributed by atoms with Gasteiger partial charge in [0.05, 0.1) is 12.1 Å². The van der Waals surface area contributed by atoms with E-state index in [1.807, 2.05) is 13.8 Å². The molecule has 0 heterocycles. The van der Waals surface area contributed by atoms with Crippen molar-refractivity contribution in [2.75, 3.05) is 13.6 Å². The molecule has 0 aromatic rings. The number of amides is 3. The summed E-state index contributed by atoms with van der Waals surface area (Å²) in [7, 11) is 1.44. The van der Waals surface area contributed by atoms with Crippen molar-refractivity contribution in [2.45, 2.75) is 39.3 Å². The van der Waals surface area contributed by atoms with Crippen molar-refractivity contribution in [1.29, 1.82) is 0 Å². The van der Waals surface area contributed by atoms with E-state index in [2.05, 4.69) is 16.0 Å². The number of urea groups is 1. The maximum absolute atomic E-state index is 11.4. The van der Waals surface area contributed by atoms with Crippen LogP contribution in [-0.4, -0.2) is 42.8 Å². The fourth-order valence-corrected chi connectivity index (χ4v) is 1.32. The molecule has 0 bridgehead atoms. The van der Waals surface area contributed by atoms with Crippen molar-refractivity contribution in [1.82, 2.24) is 16.0 Å². The summed E-state index contributed by atoms with van der Waals surface area (Å²) >= 11 is 0. The minimum absolute atomic E-state index is 0.334. The fraction of sp³-hybridized carbons (Fsp3) is 0.818. The van der Waals surface area contributed by atoms with E-state index in [9.17, 15) is 14.7 Å². The van der Waals surface area contributed by atoms with Gasteiger partial charge in [0, 0.05) is 13.6 Å². The van der Waals surface area contributed by atoms with Crippen LogP contribution < -0.4 is 16.0 Å². The second-order valence-corrected chi connectivity index (χ2v) is 4.48. The van der Waals surface area contributed by atoms with E-state index < -0.39 is 24.1 Å². The molecular formula is C11H23N3O3. The molecule has 0 aliphatic carbocycles. The average molecular weight is 245 g/mol. The number of nitrogens with one attached hydrogen (secondary N) is 3. The van der Waals surface area contributed by atoms with Gasteiger partial charge < -0.3 is 15.7 Å². The van der Waals surface area contributed by atoms with E-state index >= 15 is 0 Å². The molecule has 0 saturated heterocycles. The highest BCUT2D eigenvalue weighted by molar-refractivity contribution is 5.96. The molecule has 0 saturated carbocycles. The van der Waals surface area contributed by atoms with Gasteiger partial charge >= 0.3 is 6.03 Å². The number of hydrogen-bond acceptors (Lipinski definition) is 4. The van der Waals surface area contributed by atoms with E-state index in [1.54, 1.807) is 6.92 Å². The van der Waals surface area contributed by atoms with Crippen LogP contribution in [-0.2, 0) is 4.79 Å². The van der Waals surface area contributed by atoms with Crippen molar-refractivity contribution >= 4 is 11.9 Å². The SMILES string of the molecule is CNC(=O)NC(=O)C(C)NCC(O)CC(C)C. The van der Waals surface area contributed by atoms with E-state index in [-0.39, 0.29) is 0 Å². The number of carbonyl (C=O) groups excluding carboxylic acids is 2. The molecule has 0 aliphatic rings. The third-order valence-corrected chi connectivity index (χ3v) is 2.26. The molecule has 100 valence electrons. The largest absolute Gasteiger partial charge is 0.392 e. The Morgan fingerprint density at radius 3 is 2.29 bits per heavy atom. The Morgan fingerprint density at radius 1 is 1.24 bits per heavy atom. The lowest BCUT2D eigenvalue weighted by atomic mass is 10.1. The first-order chi connectivity index (χ1) is 7.86. The van der Waals surface area contributed by atoms with E-state index in [1.165, 1.54) is 7.05 Å². The van der Waals surface area contributed by atoms with E-state index in [0.717, 1.165) is 0 Å². The molecule has 3 amide bonds. The first kappa shape index (κ1) is 15.9. The van der Waals surface area contributed by atoms with Crippen LogP contribution in [0.4, 0.5) is 4.79 Å². The van der Waals surface area contributed by atoms with Crippen molar-refractivity contribution in [3.63, 3.8) is 0 Å². The smallest absolute Gasteiger partial charge is 0.321 e. The molecule has 2 atom stereocenters. The third-order valence-electron chi connectivity index (χ3n) is 2.26. The monoisotopic (exact) mass is 245 g/mol. The summed E-state index contributed by atoms with van der Waals surface area (Å²) in [6.07, 6.45) is 0.196. The van der Waals surface area contributed by atoms with Crippen LogP contribution in [0.2, 0.25) is 0 Å². The van der Waals surface area contributed by atoms with Gasteiger partial charge in [0.1, 0.15) is 0 Å². The zero-order valence-corrected chi connectivity index (χ0v) is 10.9. The maximum Gasteiger partial charge on any atom is 0.321 e. The lowest BCUT2D eigenvalue weighted by Crippen LogP contribution is -2.48. The van der Waals surface area contributed by atoms with Crippen molar-refractivity contribution < 1.29 is 14.7 Å². The van der Waals surface area contributed by atoms with Crippen LogP contribution in [0.15, 0.2) is 0 Å². The second-order valence-electron chi connectivity index (χ2n) is 4.48. The van der Waals surface area contributed by atoms with Crippen LogP contribution in [0, 0.1) is 5.92 Å². The molecule has 17 heavy (non-hydrogen) atoms. The van der Waals surface area contributed by atoms with Crippen LogP contribution in [0.3, 0.4) is 0 Å². The zero-order chi connectivity index (χ0) is 13.4. The van der Waals surface area contributed by atoms with E-state index in [4.69, 9.17) is 0 Å². The summed E-state index contributed by atoms with van der Waals surface area (Å²) in [5.41, 5.74) is 0. The quantitative estimate of drug-likeness (QED) is 0.523. The summed E-state index contributed by atoms with van der Waals surface area (Å²) in [6, 6.07) is -1.06. The Labute approximate surface area is 102 Å². The summed E-state index contributed by atoms with van der Waals surface area (Å²) in [4.78, 5) is 22.3. The molecule has 0 aromatic carbocycles. The van der Waals surface area contributed by atoms with Crippen LogP contribution in [0.5, 0.6) is 0 Å². The van der Waals surface area contributed by atoms with Crippen LogP contribution >= 0.6 is 0 Å². The van der Waals surface area contributed by atoms with Crippen LogP contribution in [0.1, 0.15) is 27.2 Å². The van der Waals surface area contributed by atoms with Gasteiger partial charge in [-0.1, -0.05) is 13.8 Å². The highest BCUT2D eigenvalue weighted by Crippen LogP contribution is 2.03. The highest BCUT2D eigenvalue weighted by Gasteiger charge is 2.16. The maximum atomic E-state index is 11.4. The van der Waals surface area contributed by atoms with Gasteiger partial charge in [0.2, 0.25) is 5.91 Å². The molecule has 0 fully saturated rings. The minimum atomic E-state index is -0.536. The predicted molar refractivity (Wildman–Crippen MR) is 65.5 cm³/mol.